The zero-order chi connectivity index (χ0) is 10.3. The van der Waals surface area contributed by atoms with Crippen LogP contribution < -0.4 is 0 Å². The first-order chi connectivity index (χ1) is 7.34. The van der Waals surface area contributed by atoms with Gasteiger partial charge in [-0.05, 0) is 45.7 Å². The summed E-state index contributed by atoms with van der Waals surface area (Å²) in [6.07, 6.45) is 5.07. The largest absolute Gasteiger partial charge is 0.338 e. The molecule has 82 valence electrons. The Labute approximate surface area is 89.6 Å². The highest BCUT2D eigenvalue weighted by Gasteiger charge is 2.31. The van der Waals surface area contributed by atoms with E-state index < -0.39 is 0 Å². The van der Waals surface area contributed by atoms with Crippen LogP contribution in [0.3, 0.4) is 0 Å². The maximum absolute atomic E-state index is 5.34. The number of likely N-dealkylation sites (tertiary alicyclic amines) is 1. The van der Waals surface area contributed by atoms with E-state index in [1.165, 1.54) is 38.8 Å². The summed E-state index contributed by atoms with van der Waals surface area (Å²) >= 11 is 0. The van der Waals surface area contributed by atoms with E-state index in [0.717, 1.165) is 11.7 Å². The zero-order valence-corrected chi connectivity index (χ0v) is 9.15. The lowest BCUT2D eigenvalue weighted by Crippen LogP contribution is -2.23. The van der Waals surface area contributed by atoms with Crippen molar-refractivity contribution in [3.8, 4) is 0 Å². The highest BCUT2D eigenvalue weighted by Crippen LogP contribution is 2.38. The van der Waals surface area contributed by atoms with Gasteiger partial charge in [-0.2, -0.15) is 4.98 Å². The van der Waals surface area contributed by atoms with Crippen LogP contribution in [0.1, 0.15) is 56.3 Å². The summed E-state index contributed by atoms with van der Waals surface area (Å²) in [7, 11) is 0. The predicted molar refractivity (Wildman–Crippen MR) is 55.5 cm³/mol. The molecule has 1 aliphatic heterocycles. The minimum absolute atomic E-state index is 0.299. The number of aromatic nitrogens is 2. The van der Waals surface area contributed by atoms with Gasteiger partial charge in [-0.25, -0.2) is 0 Å². The molecule has 2 aliphatic rings. The number of hydrogen-bond acceptors (Lipinski definition) is 4. The third kappa shape index (κ3) is 1.78. The molecule has 1 aromatic heterocycles. The van der Waals surface area contributed by atoms with Gasteiger partial charge in [0.1, 0.15) is 0 Å². The average Bonchev–Trinajstić information content (AvgIpc) is 2.83. The maximum atomic E-state index is 5.34. The SMILES string of the molecule is C[C@H](c1nc(C2CC2)no1)N1CCCC1. The molecule has 2 heterocycles. The van der Waals surface area contributed by atoms with Gasteiger partial charge < -0.3 is 4.52 Å². The second kappa shape index (κ2) is 3.59. The third-order valence-electron chi connectivity index (χ3n) is 3.45. The van der Waals surface area contributed by atoms with Crippen LogP contribution in [0.5, 0.6) is 0 Å². The highest BCUT2D eigenvalue weighted by molar-refractivity contribution is 5.04. The molecule has 1 saturated carbocycles. The molecule has 1 saturated heterocycles. The van der Waals surface area contributed by atoms with Crippen molar-refractivity contribution >= 4 is 0 Å². The van der Waals surface area contributed by atoms with Crippen LogP contribution >= 0.6 is 0 Å². The lowest BCUT2D eigenvalue weighted by atomic mass is 10.3. The quantitative estimate of drug-likeness (QED) is 0.761. The maximum Gasteiger partial charge on any atom is 0.243 e. The van der Waals surface area contributed by atoms with Crippen LogP contribution in [-0.4, -0.2) is 28.1 Å². The van der Waals surface area contributed by atoms with Gasteiger partial charge in [0.05, 0.1) is 6.04 Å². The van der Waals surface area contributed by atoms with Gasteiger partial charge >= 0.3 is 0 Å². The Hall–Kier alpha value is -0.900. The summed E-state index contributed by atoms with van der Waals surface area (Å²) in [6, 6.07) is 0.299. The summed E-state index contributed by atoms with van der Waals surface area (Å²) in [6.45, 7) is 4.50. The Morgan fingerprint density at radius 1 is 1.33 bits per heavy atom. The fraction of sp³-hybridized carbons (Fsp3) is 0.818. The summed E-state index contributed by atoms with van der Waals surface area (Å²) in [5.41, 5.74) is 0. The van der Waals surface area contributed by atoms with Crippen molar-refractivity contribution in [2.75, 3.05) is 13.1 Å². The molecule has 15 heavy (non-hydrogen) atoms. The fourth-order valence-electron chi connectivity index (χ4n) is 2.21. The Morgan fingerprint density at radius 2 is 2.07 bits per heavy atom. The van der Waals surface area contributed by atoms with Gasteiger partial charge in [0, 0.05) is 5.92 Å². The number of hydrogen-bond donors (Lipinski definition) is 0. The van der Waals surface area contributed by atoms with Gasteiger partial charge in [-0.1, -0.05) is 5.16 Å². The first kappa shape index (κ1) is 9.33. The smallest absolute Gasteiger partial charge is 0.243 e. The van der Waals surface area contributed by atoms with E-state index in [4.69, 9.17) is 4.52 Å². The van der Waals surface area contributed by atoms with E-state index in [2.05, 4.69) is 22.0 Å². The summed E-state index contributed by atoms with van der Waals surface area (Å²) in [5.74, 6) is 2.32. The van der Waals surface area contributed by atoms with Gasteiger partial charge in [-0.15, -0.1) is 0 Å². The van der Waals surface area contributed by atoms with Crippen LogP contribution in [0.4, 0.5) is 0 Å². The second-order valence-electron chi connectivity index (χ2n) is 4.68. The Balaban J connectivity index is 1.72. The summed E-state index contributed by atoms with van der Waals surface area (Å²) < 4.78 is 5.34. The molecule has 0 N–H and O–H groups in total. The molecule has 0 bridgehead atoms. The van der Waals surface area contributed by atoms with Crippen LogP contribution in [-0.2, 0) is 0 Å². The monoisotopic (exact) mass is 207 g/mol. The van der Waals surface area contributed by atoms with Crippen molar-refractivity contribution in [3.63, 3.8) is 0 Å². The minimum Gasteiger partial charge on any atom is -0.338 e. The molecular weight excluding hydrogens is 190 g/mol. The molecule has 1 aromatic rings. The fourth-order valence-corrected chi connectivity index (χ4v) is 2.21. The normalized spacial score (nSPS) is 24.6. The molecular formula is C11H17N3O. The molecule has 1 atom stereocenters. The summed E-state index contributed by atoms with van der Waals surface area (Å²) in [4.78, 5) is 6.92. The number of nitrogens with zero attached hydrogens (tertiary/aromatic N) is 3. The molecule has 3 rings (SSSR count). The molecule has 0 radical (unpaired) electrons. The van der Waals surface area contributed by atoms with Gasteiger partial charge in [0.15, 0.2) is 5.82 Å². The van der Waals surface area contributed by atoms with Crippen molar-refractivity contribution in [1.29, 1.82) is 0 Å². The Morgan fingerprint density at radius 3 is 2.73 bits per heavy atom. The molecule has 0 aromatic carbocycles. The minimum atomic E-state index is 0.299. The molecule has 0 spiro atoms. The Kier molecular flexibility index (Phi) is 2.24. The lowest BCUT2D eigenvalue weighted by molar-refractivity contribution is 0.209. The number of rotatable bonds is 3. The van der Waals surface area contributed by atoms with Crippen molar-refractivity contribution in [2.45, 2.75) is 44.6 Å². The van der Waals surface area contributed by atoms with Crippen molar-refractivity contribution < 1.29 is 4.52 Å². The van der Waals surface area contributed by atoms with Gasteiger partial charge in [0.2, 0.25) is 5.89 Å². The molecule has 0 amide bonds. The highest BCUT2D eigenvalue weighted by atomic mass is 16.5. The van der Waals surface area contributed by atoms with E-state index in [1.807, 2.05) is 0 Å². The first-order valence-electron chi connectivity index (χ1n) is 5.92. The van der Waals surface area contributed by atoms with E-state index in [-0.39, 0.29) is 0 Å². The van der Waals surface area contributed by atoms with Crippen LogP contribution in [0.25, 0.3) is 0 Å². The van der Waals surface area contributed by atoms with E-state index in [1.54, 1.807) is 0 Å². The van der Waals surface area contributed by atoms with Gasteiger partial charge in [0.25, 0.3) is 0 Å². The topological polar surface area (TPSA) is 42.2 Å². The average molecular weight is 207 g/mol. The van der Waals surface area contributed by atoms with Crippen LogP contribution in [0.2, 0.25) is 0 Å². The van der Waals surface area contributed by atoms with Crippen molar-refractivity contribution in [3.05, 3.63) is 11.7 Å². The zero-order valence-electron chi connectivity index (χ0n) is 9.15. The summed E-state index contributed by atoms with van der Waals surface area (Å²) in [5, 5.41) is 4.06. The van der Waals surface area contributed by atoms with E-state index in [0.29, 0.717) is 12.0 Å². The van der Waals surface area contributed by atoms with Crippen molar-refractivity contribution in [2.24, 2.45) is 0 Å². The third-order valence-corrected chi connectivity index (χ3v) is 3.45. The molecule has 4 heteroatoms. The molecule has 1 aliphatic carbocycles. The van der Waals surface area contributed by atoms with Crippen LogP contribution in [0.15, 0.2) is 4.52 Å². The molecule has 0 unspecified atom stereocenters. The standard InChI is InChI=1S/C11H17N3O/c1-8(14-6-2-3-7-14)11-12-10(13-15-11)9-4-5-9/h8-9H,2-7H2,1H3/t8-/m1/s1. The van der Waals surface area contributed by atoms with Crippen molar-refractivity contribution in [1.82, 2.24) is 15.0 Å². The van der Waals surface area contributed by atoms with E-state index in [9.17, 15) is 0 Å². The predicted octanol–water partition coefficient (Wildman–Crippen LogP) is 2.10. The second-order valence-corrected chi connectivity index (χ2v) is 4.68. The molecule has 2 fully saturated rings. The van der Waals surface area contributed by atoms with Gasteiger partial charge in [-0.3, -0.25) is 4.90 Å². The lowest BCUT2D eigenvalue weighted by Gasteiger charge is -2.19. The molecule has 4 nitrogen and oxygen atoms in total. The first-order valence-corrected chi connectivity index (χ1v) is 5.92. The van der Waals surface area contributed by atoms with Crippen LogP contribution in [0, 0.1) is 0 Å². The van der Waals surface area contributed by atoms with E-state index >= 15 is 0 Å². The Bertz CT molecular complexity index is 339.